The van der Waals surface area contributed by atoms with Gasteiger partial charge in [0.1, 0.15) is 5.60 Å². The number of azide groups is 1. The van der Waals surface area contributed by atoms with Crippen LogP contribution in [0.1, 0.15) is 38.8 Å². The van der Waals surface area contributed by atoms with Gasteiger partial charge in [0.15, 0.2) is 0 Å². The standard InChI is InChI=1S/C16H22N4O3/c1-16(2,3)23-15(22)20-10-12(18-19-17)14(21)9-13(20)11-7-5-4-6-8-11/h4-8,12-14,21H,9-10H2,1-3H3/t12-,13-,14-/m1/s1. The molecule has 3 atom stereocenters. The molecule has 7 heteroatoms. The normalized spacial score (nSPS) is 24.7. The third-order valence-corrected chi connectivity index (χ3v) is 3.68. The molecule has 0 radical (unpaired) electrons. The lowest BCUT2D eigenvalue weighted by atomic mass is 9.91. The SMILES string of the molecule is CC(C)(C)OC(=O)N1C[C@@H](N=[N+]=[N-])[C@H](O)C[C@@H]1c1ccccc1. The van der Waals surface area contributed by atoms with Crippen molar-refractivity contribution in [1.29, 1.82) is 0 Å². The Labute approximate surface area is 135 Å². The van der Waals surface area contributed by atoms with Gasteiger partial charge in [-0.1, -0.05) is 35.4 Å². The van der Waals surface area contributed by atoms with E-state index in [9.17, 15) is 9.90 Å². The van der Waals surface area contributed by atoms with E-state index < -0.39 is 23.8 Å². The highest BCUT2D eigenvalue weighted by Gasteiger charge is 2.39. The third-order valence-electron chi connectivity index (χ3n) is 3.68. The van der Waals surface area contributed by atoms with Gasteiger partial charge < -0.3 is 14.7 Å². The Morgan fingerprint density at radius 3 is 2.61 bits per heavy atom. The molecule has 1 aliphatic rings. The number of likely N-dealkylation sites (tertiary alicyclic amines) is 1. The monoisotopic (exact) mass is 318 g/mol. The lowest BCUT2D eigenvalue weighted by Gasteiger charge is -2.41. The number of aliphatic hydroxyl groups is 1. The van der Waals surface area contributed by atoms with E-state index in [2.05, 4.69) is 10.0 Å². The summed E-state index contributed by atoms with van der Waals surface area (Å²) in [5.74, 6) is 0. The smallest absolute Gasteiger partial charge is 0.410 e. The zero-order valence-electron chi connectivity index (χ0n) is 13.6. The minimum Gasteiger partial charge on any atom is -0.444 e. The fourth-order valence-corrected chi connectivity index (χ4v) is 2.66. The van der Waals surface area contributed by atoms with E-state index in [4.69, 9.17) is 10.3 Å². The van der Waals surface area contributed by atoms with Crippen LogP contribution in [0.5, 0.6) is 0 Å². The Morgan fingerprint density at radius 2 is 2.04 bits per heavy atom. The maximum absolute atomic E-state index is 12.5. The summed E-state index contributed by atoms with van der Waals surface area (Å²) in [6.07, 6.45) is -0.973. The first-order valence-corrected chi connectivity index (χ1v) is 7.58. The molecule has 0 saturated carbocycles. The Balaban J connectivity index is 2.30. The number of aliphatic hydroxyl groups excluding tert-OH is 1. The number of rotatable bonds is 2. The molecule has 0 aromatic heterocycles. The van der Waals surface area contributed by atoms with Crippen molar-refractivity contribution >= 4 is 6.09 Å². The molecule has 1 aliphatic heterocycles. The fourth-order valence-electron chi connectivity index (χ4n) is 2.66. The van der Waals surface area contributed by atoms with Gasteiger partial charge in [-0.3, -0.25) is 0 Å². The van der Waals surface area contributed by atoms with Gasteiger partial charge in [-0.15, -0.1) is 0 Å². The Morgan fingerprint density at radius 1 is 1.39 bits per heavy atom. The highest BCUT2D eigenvalue weighted by atomic mass is 16.6. The van der Waals surface area contributed by atoms with E-state index in [1.165, 1.54) is 4.90 Å². The van der Waals surface area contributed by atoms with Gasteiger partial charge in [0.05, 0.1) is 18.2 Å². The van der Waals surface area contributed by atoms with Crippen LogP contribution in [0.2, 0.25) is 0 Å². The van der Waals surface area contributed by atoms with Crippen molar-refractivity contribution < 1.29 is 14.6 Å². The average molecular weight is 318 g/mol. The molecule has 1 fully saturated rings. The zero-order chi connectivity index (χ0) is 17.0. The van der Waals surface area contributed by atoms with E-state index in [0.717, 1.165) is 5.56 Å². The van der Waals surface area contributed by atoms with Gasteiger partial charge in [-0.05, 0) is 38.3 Å². The number of hydrogen-bond acceptors (Lipinski definition) is 4. The lowest BCUT2D eigenvalue weighted by Crippen LogP contribution is -2.51. The summed E-state index contributed by atoms with van der Waals surface area (Å²) in [6.45, 7) is 5.52. The van der Waals surface area contributed by atoms with Crippen LogP contribution < -0.4 is 0 Å². The second-order valence-electron chi connectivity index (χ2n) is 6.63. The molecule has 1 N–H and O–H groups in total. The van der Waals surface area contributed by atoms with Crippen molar-refractivity contribution in [1.82, 2.24) is 4.90 Å². The van der Waals surface area contributed by atoms with E-state index in [-0.39, 0.29) is 12.6 Å². The third kappa shape index (κ3) is 4.37. The average Bonchev–Trinajstić information content (AvgIpc) is 2.48. The molecule has 1 heterocycles. The molecule has 2 rings (SSSR count). The summed E-state index contributed by atoms with van der Waals surface area (Å²) in [5.41, 5.74) is 8.93. The first kappa shape index (κ1) is 17.1. The van der Waals surface area contributed by atoms with Crippen molar-refractivity contribution in [3.05, 3.63) is 46.3 Å². The number of benzene rings is 1. The van der Waals surface area contributed by atoms with Crippen LogP contribution in [0, 0.1) is 0 Å². The summed E-state index contributed by atoms with van der Waals surface area (Å²) in [7, 11) is 0. The number of amides is 1. The highest BCUT2D eigenvalue weighted by molar-refractivity contribution is 5.69. The Bertz CT molecular complexity index is 593. The van der Waals surface area contributed by atoms with Crippen LogP contribution in [0.15, 0.2) is 35.4 Å². The topological polar surface area (TPSA) is 98.5 Å². The molecule has 0 bridgehead atoms. The van der Waals surface area contributed by atoms with Crippen molar-refractivity contribution in [2.45, 2.75) is 51.0 Å². The molecule has 0 unspecified atom stereocenters. The highest BCUT2D eigenvalue weighted by Crippen LogP contribution is 2.33. The number of piperidine rings is 1. The van der Waals surface area contributed by atoms with Crippen LogP contribution in [0.3, 0.4) is 0 Å². The van der Waals surface area contributed by atoms with Crippen LogP contribution in [-0.4, -0.2) is 40.4 Å². The van der Waals surface area contributed by atoms with Gasteiger partial charge in [0.2, 0.25) is 0 Å². The van der Waals surface area contributed by atoms with Crippen molar-refractivity contribution in [3.63, 3.8) is 0 Å². The summed E-state index contributed by atoms with van der Waals surface area (Å²) in [6, 6.07) is 8.48. The quantitative estimate of drug-likeness (QED) is 0.514. The maximum atomic E-state index is 12.5. The van der Waals surface area contributed by atoms with Crippen LogP contribution in [0.4, 0.5) is 4.79 Å². The minimum absolute atomic E-state index is 0.125. The van der Waals surface area contributed by atoms with Gasteiger partial charge in [-0.25, -0.2) is 4.79 Å². The second kappa shape index (κ2) is 6.89. The molecule has 7 nitrogen and oxygen atoms in total. The molecule has 1 aromatic rings. The Kier molecular flexibility index (Phi) is 5.13. The molecular weight excluding hydrogens is 296 g/mol. The largest absolute Gasteiger partial charge is 0.444 e. The fraction of sp³-hybridized carbons (Fsp3) is 0.562. The second-order valence-corrected chi connectivity index (χ2v) is 6.63. The summed E-state index contributed by atoms with van der Waals surface area (Å²) >= 11 is 0. The molecule has 0 spiro atoms. The minimum atomic E-state index is -0.796. The first-order valence-electron chi connectivity index (χ1n) is 7.58. The van der Waals surface area contributed by atoms with Gasteiger partial charge in [0.25, 0.3) is 0 Å². The molecule has 23 heavy (non-hydrogen) atoms. The molecule has 1 amide bonds. The predicted octanol–water partition coefficient (Wildman–Crippen LogP) is 3.41. The maximum Gasteiger partial charge on any atom is 0.410 e. The number of nitrogens with zero attached hydrogens (tertiary/aromatic N) is 4. The Hall–Kier alpha value is -2.24. The van der Waals surface area contributed by atoms with Gasteiger partial charge >= 0.3 is 6.09 Å². The number of hydrogen-bond donors (Lipinski definition) is 1. The van der Waals surface area contributed by atoms with Crippen LogP contribution in [-0.2, 0) is 4.74 Å². The predicted molar refractivity (Wildman–Crippen MR) is 85.7 cm³/mol. The van der Waals surface area contributed by atoms with E-state index in [0.29, 0.717) is 6.42 Å². The van der Waals surface area contributed by atoms with Gasteiger partial charge in [-0.2, -0.15) is 0 Å². The summed E-state index contributed by atoms with van der Waals surface area (Å²) < 4.78 is 5.46. The molecule has 1 aromatic carbocycles. The van der Waals surface area contributed by atoms with E-state index in [1.54, 1.807) is 20.8 Å². The first-order chi connectivity index (χ1) is 10.8. The lowest BCUT2D eigenvalue weighted by molar-refractivity contribution is -0.0150. The molecule has 0 aliphatic carbocycles. The van der Waals surface area contributed by atoms with Gasteiger partial charge in [0, 0.05) is 11.5 Å². The van der Waals surface area contributed by atoms with Crippen molar-refractivity contribution in [2.24, 2.45) is 5.11 Å². The summed E-state index contributed by atoms with van der Waals surface area (Å²) in [5, 5.41) is 13.8. The molecule has 124 valence electrons. The zero-order valence-corrected chi connectivity index (χ0v) is 13.6. The number of carbonyl (C=O) groups is 1. The summed E-state index contributed by atoms with van der Waals surface area (Å²) in [4.78, 5) is 16.8. The molecule has 1 saturated heterocycles. The van der Waals surface area contributed by atoms with Crippen LogP contribution >= 0.6 is 0 Å². The van der Waals surface area contributed by atoms with E-state index in [1.807, 2.05) is 30.3 Å². The van der Waals surface area contributed by atoms with E-state index >= 15 is 0 Å². The number of ether oxygens (including phenoxy) is 1. The van der Waals surface area contributed by atoms with Crippen LogP contribution in [0.25, 0.3) is 10.4 Å². The molecular formula is C16H22N4O3. The van der Waals surface area contributed by atoms with Crippen molar-refractivity contribution in [2.75, 3.05) is 6.54 Å². The van der Waals surface area contributed by atoms with Crippen molar-refractivity contribution in [3.8, 4) is 0 Å². The number of carbonyl (C=O) groups excluding carboxylic acids is 1.